The van der Waals surface area contributed by atoms with Crippen molar-refractivity contribution < 1.29 is 17.1 Å². The molecule has 0 nitrogen and oxygen atoms in total. The molecule has 0 N–H and O–H groups in total. The Bertz CT molecular complexity index is 1690. The molecule has 0 aliphatic rings. The largest absolute Gasteiger partial charge is 2.00 e. The van der Waals surface area contributed by atoms with E-state index in [1.165, 1.54) is 99.5 Å². The van der Waals surface area contributed by atoms with Gasteiger partial charge in [0.25, 0.3) is 0 Å². The van der Waals surface area contributed by atoms with Crippen LogP contribution < -0.4 is 32.8 Å². The third-order valence-corrected chi connectivity index (χ3v) is 10.2. The van der Waals surface area contributed by atoms with Crippen molar-refractivity contribution in [2.75, 3.05) is 0 Å². The van der Waals surface area contributed by atoms with E-state index < -0.39 is 0 Å². The Hall–Kier alpha value is -3.77. The quantitative estimate of drug-likeness (QED) is 0.126. The molecule has 0 aliphatic heterocycles. The van der Waals surface area contributed by atoms with Gasteiger partial charge in [0.1, 0.15) is 0 Å². The van der Waals surface area contributed by atoms with Gasteiger partial charge in [0.2, 0.25) is 13.4 Å². The molecule has 0 amide bonds. The van der Waals surface area contributed by atoms with Crippen LogP contribution in [0.5, 0.6) is 0 Å². The molecule has 0 radical (unpaired) electrons. The van der Waals surface area contributed by atoms with E-state index in [9.17, 15) is 0 Å². The van der Waals surface area contributed by atoms with Crippen molar-refractivity contribution in [2.24, 2.45) is 0 Å². The van der Waals surface area contributed by atoms with Crippen LogP contribution in [0.4, 0.5) is 0 Å². The molecule has 0 unspecified atom stereocenters. The molecule has 6 rings (SSSR count). The molecular formula is C46H52B2Fe. The summed E-state index contributed by atoms with van der Waals surface area (Å²) in [6.45, 7) is 27.4. The minimum Gasteiger partial charge on any atom is -0.218 e. The zero-order valence-corrected chi connectivity index (χ0v) is 32.9. The van der Waals surface area contributed by atoms with Crippen molar-refractivity contribution in [3.63, 3.8) is 0 Å². The van der Waals surface area contributed by atoms with Crippen molar-refractivity contribution in [3.05, 3.63) is 164 Å². The van der Waals surface area contributed by atoms with Crippen LogP contribution in [0.15, 0.2) is 97.1 Å². The van der Waals surface area contributed by atoms with E-state index in [2.05, 4.69) is 180 Å². The molecule has 0 aliphatic carbocycles. The zero-order chi connectivity index (χ0) is 34.9. The predicted molar refractivity (Wildman–Crippen MR) is 216 cm³/mol. The third kappa shape index (κ3) is 8.17. The van der Waals surface area contributed by atoms with Gasteiger partial charge in [-0.2, -0.15) is 35.2 Å². The number of rotatable bonds is 6. The fourth-order valence-corrected chi connectivity index (χ4v) is 8.70. The van der Waals surface area contributed by atoms with Gasteiger partial charge in [-0.1, -0.05) is 137 Å². The molecule has 0 heterocycles. The second-order valence-corrected chi connectivity index (χ2v) is 14.6. The Balaban J connectivity index is 0.000000216. The molecule has 6 aromatic carbocycles. The Morgan fingerprint density at radius 3 is 0.714 bits per heavy atom. The molecule has 0 spiro atoms. The molecule has 0 aromatic heterocycles. The molecule has 0 saturated heterocycles. The van der Waals surface area contributed by atoms with Gasteiger partial charge < -0.3 is 0 Å². The van der Waals surface area contributed by atoms with Crippen molar-refractivity contribution in [3.8, 4) is 0 Å². The Labute approximate surface area is 308 Å². The van der Waals surface area contributed by atoms with Gasteiger partial charge in [-0.15, -0.1) is 0 Å². The minimum atomic E-state index is 0. The van der Waals surface area contributed by atoms with Crippen molar-refractivity contribution in [1.29, 1.82) is 0 Å². The van der Waals surface area contributed by atoms with Crippen molar-refractivity contribution in [2.45, 2.75) is 83.1 Å². The van der Waals surface area contributed by atoms with E-state index in [-0.39, 0.29) is 17.1 Å². The van der Waals surface area contributed by atoms with Gasteiger partial charge in [0, 0.05) is 0 Å². The maximum atomic E-state index is 2.32. The predicted octanol–water partition coefficient (Wildman–Crippen LogP) is 7.54. The first-order valence-corrected chi connectivity index (χ1v) is 17.5. The van der Waals surface area contributed by atoms with Crippen LogP contribution in [0.25, 0.3) is 0 Å². The van der Waals surface area contributed by atoms with Crippen molar-refractivity contribution >= 4 is 46.2 Å². The fraction of sp³-hybridized carbons (Fsp3) is 0.261. The molecule has 3 heteroatoms. The summed E-state index contributed by atoms with van der Waals surface area (Å²) < 4.78 is 0. The van der Waals surface area contributed by atoms with Crippen LogP contribution in [0.3, 0.4) is 0 Å². The molecule has 0 saturated carbocycles. The number of hydrogen-bond acceptors (Lipinski definition) is 0. The van der Waals surface area contributed by atoms with Gasteiger partial charge >= 0.3 is 17.1 Å². The van der Waals surface area contributed by atoms with E-state index in [4.69, 9.17) is 0 Å². The molecule has 250 valence electrons. The topological polar surface area (TPSA) is 0 Å². The molecule has 0 bridgehead atoms. The monoisotopic (exact) mass is 682 g/mol. The smallest absolute Gasteiger partial charge is 0.218 e. The summed E-state index contributed by atoms with van der Waals surface area (Å²) in [5, 5.41) is 0. The average molecular weight is 682 g/mol. The number of benzene rings is 4. The second kappa shape index (κ2) is 15.8. The zero-order valence-electron chi connectivity index (χ0n) is 31.7. The Morgan fingerprint density at radius 2 is 0.551 bits per heavy atom. The van der Waals surface area contributed by atoms with E-state index in [0.717, 1.165) is 0 Å². The first-order valence-electron chi connectivity index (χ1n) is 17.5. The second-order valence-electron chi connectivity index (χ2n) is 14.6. The summed E-state index contributed by atoms with van der Waals surface area (Å²) in [5.74, 6) is 0. The van der Waals surface area contributed by atoms with Crippen molar-refractivity contribution in [1.82, 2.24) is 0 Å². The van der Waals surface area contributed by atoms with Gasteiger partial charge in [0.05, 0.1) is 0 Å². The summed E-state index contributed by atoms with van der Waals surface area (Å²) in [6.07, 6.45) is 0. The fourth-order valence-electron chi connectivity index (χ4n) is 8.70. The Morgan fingerprint density at radius 1 is 0.347 bits per heavy atom. The van der Waals surface area contributed by atoms with E-state index in [1.807, 2.05) is 0 Å². The maximum Gasteiger partial charge on any atom is 2.00 e. The van der Waals surface area contributed by atoms with Crippen LogP contribution in [-0.2, 0) is 17.1 Å². The van der Waals surface area contributed by atoms with Crippen LogP contribution >= 0.6 is 0 Å². The third-order valence-electron chi connectivity index (χ3n) is 10.2. The molecule has 0 atom stereocenters. The van der Waals surface area contributed by atoms with Gasteiger partial charge in [-0.3, -0.25) is 0 Å². The molecule has 0 fully saturated rings. The molecule has 49 heavy (non-hydrogen) atoms. The SMILES string of the molecule is Cc1cc(C)c(B(c2ccc[cH-]2)c2c(C)cc(C)cc2C)c(C)c1.Cc1cc(C)c(B(c2ccc[cH-]2)c2c(C)cc(C)cc2C)c(C)c1.[Fe+2]. The van der Waals surface area contributed by atoms with Crippen LogP contribution in [0.2, 0.25) is 0 Å². The van der Waals surface area contributed by atoms with Crippen LogP contribution in [0, 0.1) is 83.1 Å². The normalized spacial score (nSPS) is 10.7. The number of hydrogen-bond donors (Lipinski definition) is 0. The van der Waals surface area contributed by atoms with Gasteiger partial charge in [0.15, 0.2) is 0 Å². The average Bonchev–Trinajstić information content (AvgIpc) is 3.69. The van der Waals surface area contributed by atoms with E-state index >= 15 is 0 Å². The standard InChI is InChI=1S/2C23H26B.Fe/c2*1-15-11-17(3)22(18(4)12-15)24(21-9-7-8-10-21)23-19(5)13-16(2)14-20(23)6;/h2*7-14H,1-6H3;/q2*-1;+2. The first-order chi connectivity index (χ1) is 22.8. The summed E-state index contributed by atoms with van der Waals surface area (Å²) >= 11 is 0. The molecule has 6 aromatic rings. The molecular weight excluding hydrogens is 630 g/mol. The number of aryl methyl sites for hydroxylation is 12. The summed E-state index contributed by atoms with van der Waals surface area (Å²) in [4.78, 5) is 0. The first kappa shape index (κ1) is 38.0. The maximum absolute atomic E-state index is 2.32. The van der Waals surface area contributed by atoms with Gasteiger partial charge in [-0.05, 0) is 83.1 Å². The summed E-state index contributed by atoms with van der Waals surface area (Å²) in [5.41, 5.74) is 25.1. The van der Waals surface area contributed by atoms with E-state index in [1.54, 1.807) is 0 Å². The van der Waals surface area contributed by atoms with Gasteiger partial charge in [-0.25, -0.2) is 24.3 Å². The van der Waals surface area contributed by atoms with Crippen LogP contribution in [0.1, 0.15) is 66.8 Å². The summed E-state index contributed by atoms with van der Waals surface area (Å²) in [6, 6.07) is 36.2. The Kier molecular flexibility index (Phi) is 12.3. The van der Waals surface area contributed by atoms with Crippen LogP contribution in [-0.4, -0.2) is 13.4 Å². The summed E-state index contributed by atoms with van der Waals surface area (Å²) in [7, 11) is 0. The van der Waals surface area contributed by atoms with E-state index in [0.29, 0.717) is 13.4 Å². The minimum absolute atomic E-state index is 0.